The molecule has 0 radical (unpaired) electrons. The number of rotatable bonds is 0. The van der Waals surface area contributed by atoms with Gasteiger partial charge in [0.05, 0.1) is 0 Å². The van der Waals surface area contributed by atoms with Gasteiger partial charge in [-0.25, -0.2) is 0 Å². The molecule has 0 aliphatic carbocycles. The Balaban J connectivity index is 0.000000640. The summed E-state index contributed by atoms with van der Waals surface area (Å²) in [6.07, 6.45) is 0.277. The fourth-order valence-electron chi connectivity index (χ4n) is 0.522. The average molecular weight is 279 g/mol. The van der Waals surface area contributed by atoms with Crippen molar-refractivity contribution in [3.8, 4) is 0 Å². The number of nitrogens with one attached hydrogen (secondary N) is 1. The van der Waals surface area contributed by atoms with Crippen LogP contribution in [-0.4, -0.2) is 16.6 Å². The monoisotopic (exact) mass is 279 g/mol. The Bertz CT molecular complexity index is 150. The normalized spacial score (nSPS) is 25.2. The van der Waals surface area contributed by atoms with E-state index in [4.69, 9.17) is 0 Å². The van der Waals surface area contributed by atoms with Crippen LogP contribution >= 0.6 is 15.9 Å². The van der Waals surface area contributed by atoms with E-state index in [1.165, 1.54) is 0 Å². The molecule has 9 heavy (non-hydrogen) atoms. The Kier molecular flexibility index (Phi) is 3.51. The minimum absolute atomic E-state index is 0. The largest absolute Gasteiger partial charge is 0.295 e. The fraction of sp³-hybridized carbons (Fsp3) is 0.500. The van der Waals surface area contributed by atoms with Crippen LogP contribution < -0.4 is 5.32 Å². The van der Waals surface area contributed by atoms with Crippen LogP contribution in [0.2, 0.25) is 0 Å². The molecule has 1 unspecified atom stereocenters. The molecule has 1 aliphatic rings. The van der Waals surface area contributed by atoms with E-state index in [2.05, 4.69) is 21.2 Å². The molecule has 5 heteroatoms. The molecule has 0 aromatic heterocycles. The van der Waals surface area contributed by atoms with Gasteiger partial charge in [-0.1, -0.05) is 15.9 Å². The fourth-order valence-corrected chi connectivity index (χ4v) is 0.931. The van der Waals surface area contributed by atoms with Gasteiger partial charge in [-0.2, -0.15) is 0 Å². The Hall–Kier alpha value is 0.243. The summed E-state index contributed by atoms with van der Waals surface area (Å²) in [4.78, 5) is 20.4. The molecule has 3 nitrogen and oxygen atoms in total. The van der Waals surface area contributed by atoms with Crippen LogP contribution in [0, 0.1) is 0 Å². The molecule has 0 aromatic carbocycles. The van der Waals surface area contributed by atoms with Crippen molar-refractivity contribution in [1.82, 2.24) is 5.32 Å². The van der Waals surface area contributed by atoms with Crippen molar-refractivity contribution in [2.75, 3.05) is 0 Å². The molecule has 1 fully saturated rings. The van der Waals surface area contributed by atoms with E-state index in [9.17, 15) is 9.59 Å². The molecule has 2 amide bonds. The van der Waals surface area contributed by atoms with E-state index in [1.54, 1.807) is 0 Å². The molecular weight excluding hydrogens is 275 g/mol. The van der Waals surface area contributed by atoms with Crippen molar-refractivity contribution in [3.63, 3.8) is 0 Å². The Morgan fingerprint density at radius 2 is 2.11 bits per heavy atom. The zero-order valence-corrected chi connectivity index (χ0v) is 7.66. The van der Waals surface area contributed by atoms with Crippen molar-refractivity contribution in [1.29, 1.82) is 0 Å². The standard InChI is InChI=1S/C4H4BrNO2.Ru/c5-2-1-3(7)6-4(2)8;/h2H,1H2,(H,6,7,8);. The molecule has 1 atom stereocenters. The van der Waals surface area contributed by atoms with Gasteiger partial charge in [0.25, 0.3) is 0 Å². The van der Waals surface area contributed by atoms with Crippen LogP contribution in [0.1, 0.15) is 6.42 Å². The smallest absolute Gasteiger partial charge is 0.240 e. The topological polar surface area (TPSA) is 46.2 Å². The van der Waals surface area contributed by atoms with Crippen molar-refractivity contribution < 1.29 is 29.1 Å². The number of imide groups is 1. The Labute approximate surface area is 73.5 Å². The van der Waals surface area contributed by atoms with E-state index in [-0.39, 0.29) is 42.5 Å². The zero-order chi connectivity index (χ0) is 6.15. The van der Waals surface area contributed by atoms with Crippen molar-refractivity contribution >= 4 is 27.7 Å². The van der Waals surface area contributed by atoms with Crippen LogP contribution in [0.4, 0.5) is 0 Å². The van der Waals surface area contributed by atoms with E-state index in [0.717, 1.165) is 0 Å². The molecule has 0 spiro atoms. The van der Waals surface area contributed by atoms with Crippen molar-refractivity contribution in [2.24, 2.45) is 0 Å². The quantitative estimate of drug-likeness (QED) is 0.379. The summed E-state index contributed by atoms with van der Waals surface area (Å²) in [5.74, 6) is -0.424. The maximum absolute atomic E-state index is 10.4. The first-order valence-electron chi connectivity index (χ1n) is 2.18. The van der Waals surface area contributed by atoms with E-state index < -0.39 is 0 Å². The third kappa shape index (κ3) is 2.14. The van der Waals surface area contributed by atoms with Gasteiger partial charge in [0.1, 0.15) is 4.83 Å². The SMILES string of the molecule is O=C1CC(Br)C(=O)N1.[Ru]. The van der Waals surface area contributed by atoms with Crippen molar-refractivity contribution in [2.45, 2.75) is 11.2 Å². The van der Waals surface area contributed by atoms with Crippen molar-refractivity contribution in [3.05, 3.63) is 0 Å². The number of hydrogen-bond acceptors (Lipinski definition) is 2. The molecule has 0 saturated carbocycles. The summed E-state index contributed by atoms with van der Waals surface area (Å²) in [5, 5.41) is 2.14. The second-order valence-corrected chi connectivity index (χ2v) is 2.69. The maximum atomic E-state index is 10.4. The molecule has 1 aliphatic heterocycles. The molecule has 1 saturated heterocycles. The first-order chi connectivity index (χ1) is 3.70. The predicted molar refractivity (Wildman–Crippen MR) is 30.5 cm³/mol. The average Bonchev–Trinajstić information content (AvgIpc) is 1.85. The molecule has 0 bridgehead atoms. The number of hydrogen-bond donors (Lipinski definition) is 1. The van der Waals surface area contributed by atoms with E-state index in [1.807, 2.05) is 0 Å². The van der Waals surface area contributed by atoms with Gasteiger partial charge in [0, 0.05) is 25.9 Å². The number of alkyl halides is 1. The maximum Gasteiger partial charge on any atom is 0.240 e. The second kappa shape index (κ2) is 3.42. The van der Waals surface area contributed by atoms with Gasteiger partial charge < -0.3 is 0 Å². The van der Waals surface area contributed by atoms with Crippen LogP contribution in [0.15, 0.2) is 0 Å². The first kappa shape index (κ1) is 9.24. The van der Waals surface area contributed by atoms with Gasteiger partial charge in [-0.15, -0.1) is 0 Å². The summed E-state index contributed by atoms with van der Waals surface area (Å²) in [5.41, 5.74) is 0. The summed E-state index contributed by atoms with van der Waals surface area (Å²) in [7, 11) is 0. The minimum Gasteiger partial charge on any atom is -0.295 e. The van der Waals surface area contributed by atoms with Gasteiger partial charge in [-0.05, 0) is 0 Å². The Morgan fingerprint density at radius 1 is 1.56 bits per heavy atom. The molecule has 52 valence electrons. The van der Waals surface area contributed by atoms with Crippen LogP contribution in [0.5, 0.6) is 0 Å². The number of carbonyl (C=O) groups excluding carboxylic acids is 2. The van der Waals surface area contributed by atoms with E-state index >= 15 is 0 Å². The number of carbonyl (C=O) groups is 2. The van der Waals surface area contributed by atoms with Gasteiger partial charge >= 0.3 is 0 Å². The molecule has 0 aromatic rings. The van der Waals surface area contributed by atoms with Crippen LogP contribution in [0.3, 0.4) is 0 Å². The summed E-state index contributed by atoms with van der Waals surface area (Å²) < 4.78 is 0. The second-order valence-electron chi connectivity index (χ2n) is 1.58. The molecular formula is C4H4BrNO2Ru. The summed E-state index contributed by atoms with van der Waals surface area (Å²) in [6.45, 7) is 0. The summed E-state index contributed by atoms with van der Waals surface area (Å²) in [6, 6.07) is 0. The molecule has 1 rings (SSSR count). The molecule has 1 N–H and O–H groups in total. The summed E-state index contributed by atoms with van der Waals surface area (Å²) >= 11 is 3.01. The van der Waals surface area contributed by atoms with Crippen LogP contribution in [-0.2, 0) is 29.1 Å². The third-order valence-electron chi connectivity index (χ3n) is 0.912. The zero-order valence-electron chi connectivity index (χ0n) is 4.33. The number of halogens is 1. The van der Waals surface area contributed by atoms with Gasteiger partial charge in [0.2, 0.25) is 11.8 Å². The first-order valence-corrected chi connectivity index (χ1v) is 3.09. The number of amides is 2. The van der Waals surface area contributed by atoms with Gasteiger partial charge in [0.15, 0.2) is 0 Å². The Morgan fingerprint density at radius 3 is 2.22 bits per heavy atom. The molecule has 1 heterocycles. The van der Waals surface area contributed by atoms with E-state index in [0.29, 0.717) is 0 Å². The predicted octanol–water partition coefficient (Wildman–Crippen LogP) is -0.206. The third-order valence-corrected chi connectivity index (χ3v) is 1.65. The van der Waals surface area contributed by atoms with Crippen LogP contribution in [0.25, 0.3) is 0 Å². The van der Waals surface area contributed by atoms with Gasteiger partial charge in [-0.3, -0.25) is 14.9 Å². The minimum atomic E-state index is -0.296.